The molecule has 0 aliphatic carbocycles. The molecule has 0 amide bonds. The van der Waals surface area contributed by atoms with Crippen molar-refractivity contribution in [1.82, 2.24) is 19.8 Å². The lowest BCUT2D eigenvalue weighted by molar-refractivity contribution is -0.151. The number of esters is 1. The van der Waals surface area contributed by atoms with Crippen molar-refractivity contribution >= 4 is 50.7 Å². The second-order valence-corrected chi connectivity index (χ2v) is 13.6. The molecule has 1 aliphatic rings. The largest absolute Gasteiger partial charge is 0.496 e. The van der Waals surface area contributed by atoms with E-state index in [0.717, 1.165) is 43.9 Å². The summed E-state index contributed by atoms with van der Waals surface area (Å²) in [4.78, 5) is 28.4. The predicted octanol–water partition coefficient (Wildman–Crippen LogP) is 7.56. The second-order valence-electron chi connectivity index (χ2n) is 11.8. The first-order valence-electron chi connectivity index (χ1n) is 16.2. The van der Waals surface area contributed by atoms with E-state index >= 15 is 0 Å². The van der Waals surface area contributed by atoms with Crippen molar-refractivity contribution in [3.05, 3.63) is 76.0 Å². The second kappa shape index (κ2) is 15.9. The number of halogens is 3. The quantitative estimate of drug-likeness (QED) is 0.112. The van der Waals surface area contributed by atoms with Crippen LogP contribution in [0.15, 0.2) is 53.2 Å². The number of ether oxygens (including phenoxy) is 4. The summed E-state index contributed by atoms with van der Waals surface area (Å²) >= 11 is 14.6. The van der Waals surface area contributed by atoms with Gasteiger partial charge in [0.2, 0.25) is 12.0 Å². The monoisotopic (exact) mass is 742 g/mol. The number of methoxy groups -OCH3 is 1. The molecule has 3 aromatic heterocycles. The molecule has 1 saturated heterocycles. The highest BCUT2D eigenvalue weighted by Crippen LogP contribution is 2.50. The summed E-state index contributed by atoms with van der Waals surface area (Å²) in [6.45, 7) is 9.11. The standard InChI is InChI=1S/C36H37Cl2FN4O6S/c1-5-46-36(44)28(18-22-6-7-23(39)19-27(22)45-4)49-34-31-30(33(26-10-11-29(37)48-26)50-35(31)41-20-40-34)24-8-9-25(32(38)21(24)2)47-17-16-43-14-12-42(3)13-15-43/h6-11,19-20,28H,5,12-18H2,1-4H3/t28-/m1/s1. The molecule has 1 atom stereocenters. The maximum absolute atomic E-state index is 14.0. The number of hydrogen-bond donors (Lipinski definition) is 0. The third-order valence-corrected chi connectivity index (χ3v) is 10.4. The number of furan rings is 1. The Balaban J connectivity index is 1.39. The maximum Gasteiger partial charge on any atom is 0.347 e. The number of likely N-dealkylation sites (N-methyl/N-ethyl adjacent to an activating group) is 1. The van der Waals surface area contributed by atoms with Gasteiger partial charge in [-0.25, -0.2) is 19.2 Å². The zero-order chi connectivity index (χ0) is 35.4. The minimum absolute atomic E-state index is 0.0267. The molecule has 5 aromatic rings. The molecule has 0 saturated carbocycles. The van der Waals surface area contributed by atoms with Crippen molar-refractivity contribution in [2.45, 2.75) is 26.4 Å². The number of rotatable bonds is 13. The number of hydrogen-bond acceptors (Lipinski definition) is 11. The molecule has 4 heterocycles. The summed E-state index contributed by atoms with van der Waals surface area (Å²) in [5, 5.41) is 1.24. The molecular formula is C36H37Cl2FN4O6S. The first-order chi connectivity index (χ1) is 24.2. The van der Waals surface area contributed by atoms with E-state index in [1.807, 2.05) is 19.1 Å². The van der Waals surface area contributed by atoms with Gasteiger partial charge in [-0.1, -0.05) is 23.7 Å². The number of aromatic nitrogens is 2. The van der Waals surface area contributed by atoms with E-state index < -0.39 is 17.9 Å². The van der Waals surface area contributed by atoms with Crippen LogP contribution in [-0.2, 0) is 16.0 Å². The summed E-state index contributed by atoms with van der Waals surface area (Å²) < 4.78 is 43.3. The molecule has 0 N–H and O–H groups in total. The van der Waals surface area contributed by atoms with Gasteiger partial charge in [-0.3, -0.25) is 4.90 Å². The summed E-state index contributed by atoms with van der Waals surface area (Å²) in [6.07, 6.45) is 0.246. The number of nitrogens with zero attached hydrogens (tertiary/aromatic N) is 4. The lowest BCUT2D eigenvalue weighted by Crippen LogP contribution is -2.45. The molecule has 10 nitrogen and oxygen atoms in total. The van der Waals surface area contributed by atoms with Crippen LogP contribution in [0, 0.1) is 12.7 Å². The Morgan fingerprint density at radius 3 is 2.60 bits per heavy atom. The Bertz CT molecular complexity index is 1980. The number of piperazine rings is 1. The van der Waals surface area contributed by atoms with Gasteiger partial charge in [-0.2, -0.15) is 0 Å². The van der Waals surface area contributed by atoms with E-state index in [1.54, 1.807) is 25.1 Å². The van der Waals surface area contributed by atoms with Crippen molar-refractivity contribution in [3.63, 3.8) is 0 Å². The Morgan fingerprint density at radius 2 is 1.88 bits per heavy atom. The average Bonchev–Trinajstić information content (AvgIpc) is 3.72. The molecule has 0 bridgehead atoms. The van der Waals surface area contributed by atoms with Crippen LogP contribution < -0.4 is 14.2 Å². The van der Waals surface area contributed by atoms with Crippen molar-refractivity contribution in [2.75, 3.05) is 60.1 Å². The Hall–Kier alpha value is -3.94. The minimum Gasteiger partial charge on any atom is -0.496 e. The van der Waals surface area contributed by atoms with Gasteiger partial charge in [0.25, 0.3) is 0 Å². The van der Waals surface area contributed by atoms with Gasteiger partial charge in [0.05, 0.1) is 29.0 Å². The first-order valence-corrected chi connectivity index (χ1v) is 17.8. The fourth-order valence-electron chi connectivity index (χ4n) is 5.89. The number of carbonyl (C=O) groups excluding carboxylic acids is 1. The van der Waals surface area contributed by atoms with Crippen LogP contribution in [0.1, 0.15) is 18.1 Å². The van der Waals surface area contributed by atoms with E-state index in [2.05, 4.69) is 26.8 Å². The Morgan fingerprint density at radius 1 is 1.08 bits per heavy atom. The highest BCUT2D eigenvalue weighted by Gasteiger charge is 2.30. The van der Waals surface area contributed by atoms with E-state index in [-0.39, 0.29) is 29.9 Å². The van der Waals surface area contributed by atoms with Crippen molar-refractivity contribution in [3.8, 4) is 39.1 Å². The van der Waals surface area contributed by atoms with Crippen LogP contribution in [0.5, 0.6) is 17.4 Å². The third-order valence-electron chi connectivity index (χ3n) is 8.59. The van der Waals surface area contributed by atoms with Gasteiger partial charge in [-0.15, -0.1) is 11.3 Å². The molecule has 0 spiro atoms. The zero-order valence-corrected chi connectivity index (χ0v) is 30.5. The molecule has 1 aliphatic heterocycles. The summed E-state index contributed by atoms with van der Waals surface area (Å²) in [7, 11) is 3.57. The van der Waals surface area contributed by atoms with E-state index in [1.165, 1.54) is 36.9 Å². The maximum atomic E-state index is 14.0. The van der Waals surface area contributed by atoms with Gasteiger partial charge < -0.3 is 28.3 Å². The molecular weight excluding hydrogens is 706 g/mol. The minimum atomic E-state index is -1.15. The lowest BCUT2D eigenvalue weighted by Gasteiger charge is -2.32. The summed E-state index contributed by atoms with van der Waals surface area (Å²) in [6, 6.07) is 11.3. The Labute approximate surface area is 303 Å². The third kappa shape index (κ3) is 7.84. The molecule has 6 rings (SSSR count). The smallest absolute Gasteiger partial charge is 0.347 e. The predicted molar refractivity (Wildman–Crippen MR) is 192 cm³/mol. The molecule has 0 radical (unpaired) electrons. The Kier molecular flexibility index (Phi) is 11.4. The summed E-state index contributed by atoms with van der Waals surface area (Å²) in [5.74, 6) is 0.434. The van der Waals surface area contributed by atoms with Crippen LogP contribution in [-0.4, -0.2) is 91.9 Å². The molecule has 2 aromatic carbocycles. The van der Waals surface area contributed by atoms with Gasteiger partial charge in [0.1, 0.15) is 40.8 Å². The van der Waals surface area contributed by atoms with E-state index in [0.29, 0.717) is 49.4 Å². The van der Waals surface area contributed by atoms with Gasteiger partial charge >= 0.3 is 5.97 Å². The molecule has 1 fully saturated rings. The number of carbonyl (C=O) groups is 1. The van der Waals surface area contributed by atoms with E-state index in [9.17, 15) is 9.18 Å². The summed E-state index contributed by atoms with van der Waals surface area (Å²) in [5.41, 5.74) is 2.77. The number of fused-ring (bicyclic) bond motifs is 1. The number of benzene rings is 2. The highest BCUT2D eigenvalue weighted by molar-refractivity contribution is 7.22. The van der Waals surface area contributed by atoms with Gasteiger partial charge in [-0.05, 0) is 73.5 Å². The first kappa shape index (κ1) is 35.9. The molecule has 50 heavy (non-hydrogen) atoms. The van der Waals surface area contributed by atoms with Gasteiger partial charge in [0, 0.05) is 50.8 Å². The molecule has 14 heteroatoms. The van der Waals surface area contributed by atoms with Crippen molar-refractivity contribution in [2.24, 2.45) is 0 Å². The molecule has 0 unspecified atom stereocenters. The van der Waals surface area contributed by atoms with Crippen LogP contribution in [0.3, 0.4) is 0 Å². The van der Waals surface area contributed by atoms with E-state index in [4.69, 9.17) is 46.6 Å². The van der Waals surface area contributed by atoms with Crippen LogP contribution in [0.4, 0.5) is 4.39 Å². The fraction of sp³-hybridized carbons (Fsp3) is 0.361. The fourth-order valence-corrected chi connectivity index (χ4v) is 7.37. The molecule has 264 valence electrons. The number of thiophene rings is 1. The SMILES string of the molecule is CCOC(=O)[C@@H](Cc1ccc(F)cc1OC)Oc1ncnc2sc(-c3ccc(Cl)o3)c(-c3ccc(OCCN4CCN(C)CC4)c(Cl)c3C)c12. The average molecular weight is 744 g/mol. The van der Waals surface area contributed by atoms with Gasteiger partial charge in [0.15, 0.2) is 5.22 Å². The van der Waals surface area contributed by atoms with Crippen LogP contribution in [0.2, 0.25) is 10.2 Å². The highest BCUT2D eigenvalue weighted by atomic mass is 35.5. The topological polar surface area (TPSA) is 99.4 Å². The van der Waals surface area contributed by atoms with Crippen LogP contribution in [0.25, 0.3) is 32.0 Å². The van der Waals surface area contributed by atoms with Crippen molar-refractivity contribution in [1.29, 1.82) is 0 Å². The normalized spacial score (nSPS) is 14.5. The zero-order valence-electron chi connectivity index (χ0n) is 28.1. The van der Waals surface area contributed by atoms with Crippen molar-refractivity contribution < 1.29 is 32.5 Å². The lowest BCUT2D eigenvalue weighted by atomic mass is 9.97. The van der Waals surface area contributed by atoms with Crippen LogP contribution >= 0.6 is 34.5 Å².